The average Bonchev–Trinajstić information content (AvgIpc) is 2.85. The largest absolute Gasteiger partial charge is 0.361 e. The second-order valence-corrected chi connectivity index (χ2v) is 5.72. The van der Waals surface area contributed by atoms with Crippen LogP contribution in [0.3, 0.4) is 0 Å². The van der Waals surface area contributed by atoms with Gasteiger partial charge < -0.3 is 10.4 Å². The molecular formula is C14H18BrFN2O2. The summed E-state index contributed by atoms with van der Waals surface area (Å²) < 4.78 is 13.8. The Bertz CT molecular complexity index is 498. The lowest BCUT2D eigenvalue weighted by atomic mass is 10.1. The highest BCUT2D eigenvalue weighted by atomic mass is 79.9. The Morgan fingerprint density at radius 2 is 2.40 bits per heavy atom. The molecule has 0 bridgehead atoms. The first-order valence-electron chi connectivity index (χ1n) is 6.58. The lowest BCUT2D eigenvalue weighted by molar-refractivity contribution is 0.0422. The summed E-state index contributed by atoms with van der Waals surface area (Å²) in [5, 5.41) is 13.0. The highest BCUT2D eigenvalue weighted by molar-refractivity contribution is 9.09. The Labute approximate surface area is 126 Å². The maximum atomic E-state index is 13.8. The van der Waals surface area contributed by atoms with Gasteiger partial charge in [-0.05, 0) is 30.5 Å². The maximum Gasteiger partial charge on any atom is 0.184 e. The zero-order chi connectivity index (χ0) is 14.7. The van der Waals surface area contributed by atoms with Crippen molar-refractivity contribution in [1.29, 1.82) is 0 Å². The zero-order valence-corrected chi connectivity index (χ0v) is 12.9. The Balaban J connectivity index is 2.03. The van der Waals surface area contributed by atoms with Crippen LogP contribution in [0.5, 0.6) is 0 Å². The van der Waals surface area contributed by atoms with Crippen molar-refractivity contribution in [3.8, 4) is 0 Å². The van der Waals surface area contributed by atoms with Crippen LogP contribution in [-0.2, 0) is 0 Å². The van der Waals surface area contributed by atoms with Gasteiger partial charge in [0.25, 0.3) is 0 Å². The van der Waals surface area contributed by atoms with E-state index in [1.54, 1.807) is 6.07 Å². The molecule has 0 aliphatic carbocycles. The van der Waals surface area contributed by atoms with Gasteiger partial charge in [-0.2, -0.15) is 0 Å². The van der Waals surface area contributed by atoms with Crippen molar-refractivity contribution in [1.82, 2.24) is 4.90 Å². The van der Waals surface area contributed by atoms with Gasteiger partial charge in [-0.1, -0.05) is 22.9 Å². The van der Waals surface area contributed by atoms with E-state index in [1.807, 2.05) is 4.90 Å². The molecule has 0 aromatic heterocycles. The summed E-state index contributed by atoms with van der Waals surface area (Å²) in [5.74, 6) is -0.327. The van der Waals surface area contributed by atoms with Crippen LogP contribution in [0.1, 0.15) is 23.7 Å². The molecule has 6 heteroatoms. The minimum atomic E-state index is -0.836. The number of benzene rings is 1. The van der Waals surface area contributed by atoms with E-state index in [-0.39, 0.29) is 16.7 Å². The van der Waals surface area contributed by atoms with Gasteiger partial charge in [-0.15, -0.1) is 0 Å². The van der Waals surface area contributed by atoms with Crippen LogP contribution >= 0.6 is 15.9 Å². The lowest BCUT2D eigenvalue weighted by Gasteiger charge is -2.24. The molecule has 2 rings (SSSR count). The van der Waals surface area contributed by atoms with Gasteiger partial charge in [0, 0.05) is 18.8 Å². The number of halogens is 2. The Hall–Kier alpha value is -0.980. The summed E-state index contributed by atoms with van der Waals surface area (Å²) in [6, 6.07) is 4.26. The van der Waals surface area contributed by atoms with Crippen LogP contribution in [0.15, 0.2) is 18.2 Å². The molecule has 20 heavy (non-hydrogen) atoms. The van der Waals surface area contributed by atoms with Crippen LogP contribution in [0, 0.1) is 11.7 Å². The molecule has 1 aromatic rings. The predicted molar refractivity (Wildman–Crippen MR) is 79.5 cm³/mol. The minimum absolute atomic E-state index is 0.0525. The number of carbonyl (C=O) groups excluding carboxylic acids is 1. The van der Waals surface area contributed by atoms with Crippen molar-refractivity contribution < 1.29 is 14.3 Å². The molecule has 0 saturated carbocycles. The normalized spacial score (nSPS) is 20.9. The van der Waals surface area contributed by atoms with Crippen molar-refractivity contribution in [3.63, 3.8) is 0 Å². The molecule has 2 N–H and O–H groups in total. The second kappa shape index (κ2) is 6.65. The van der Waals surface area contributed by atoms with E-state index in [9.17, 15) is 14.3 Å². The molecular weight excluding hydrogens is 327 g/mol. The molecule has 0 spiro atoms. The van der Waals surface area contributed by atoms with Gasteiger partial charge in [-0.25, -0.2) is 4.39 Å². The summed E-state index contributed by atoms with van der Waals surface area (Å²) >= 11 is 3.02. The van der Waals surface area contributed by atoms with Crippen molar-refractivity contribution in [3.05, 3.63) is 29.6 Å². The predicted octanol–water partition coefficient (Wildman–Crippen LogP) is 2.43. The summed E-state index contributed by atoms with van der Waals surface area (Å²) in [6.07, 6.45) is 0.211. The Kier molecular flexibility index (Phi) is 5.12. The van der Waals surface area contributed by atoms with E-state index in [1.165, 1.54) is 12.1 Å². The molecule has 4 nitrogen and oxygen atoms in total. The van der Waals surface area contributed by atoms with E-state index >= 15 is 0 Å². The fraction of sp³-hybridized carbons (Fsp3) is 0.500. The maximum absolute atomic E-state index is 13.8. The molecule has 0 amide bonds. The van der Waals surface area contributed by atoms with Gasteiger partial charge in [0.1, 0.15) is 5.82 Å². The standard InChI is InChI=1S/C14H18BrFN2O2/c1-9-4-5-18(8-9)14(20)17-10-2-3-11(12(16)6-10)13(19)7-15/h2-3,6,9,14,17,20H,4-5,7-8H2,1H3/t9-,14?/m1/s1. The van der Waals surface area contributed by atoms with Gasteiger partial charge in [0.2, 0.25) is 0 Å². The fourth-order valence-electron chi connectivity index (χ4n) is 2.33. The first kappa shape index (κ1) is 15.4. The number of hydrogen-bond acceptors (Lipinski definition) is 4. The third-order valence-corrected chi connectivity index (χ3v) is 4.00. The number of hydrogen-bond donors (Lipinski definition) is 2. The summed E-state index contributed by atoms with van der Waals surface area (Å²) in [5.41, 5.74) is 0.511. The van der Waals surface area contributed by atoms with Gasteiger partial charge in [-0.3, -0.25) is 9.69 Å². The molecule has 1 aliphatic rings. The highest BCUT2D eigenvalue weighted by Crippen LogP contribution is 2.20. The molecule has 1 aromatic carbocycles. The first-order chi connectivity index (χ1) is 9.51. The molecule has 0 radical (unpaired) electrons. The minimum Gasteiger partial charge on any atom is -0.361 e. The van der Waals surface area contributed by atoms with Gasteiger partial charge in [0.15, 0.2) is 12.1 Å². The lowest BCUT2D eigenvalue weighted by Crippen LogP contribution is -2.39. The van der Waals surface area contributed by atoms with E-state index in [0.717, 1.165) is 19.5 Å². The number of ketones is 1. The van der Waals surface area contributed by atoms with Crippen LogP contribution < -0.4 is 5.32 Å². The van der Waals surface area contributed by atoms with Crippen molar-refractivity contribution in [2.75, 3.05) is 23.7 Å². The second-order valence-electron chi connectivity index (χ2n) is 5.16. The summed E-state index contributed by atoms with van der Waals surface area (Å²) in [4.78, 5) is 13.4. The monoisotopic (exact) mass is 344 g/mol. The summed E-state index contributed by atoms with van der Waals surface area (Å²) in [7, 11) is 0. The Morgan fingerprint density at radius 3 is 2.95 bits per heavy atom. The number of carbonyl (C=O) groups is 1. The first-order valence-corrected chi connectivity index (χ1v) is 7.70. The molecule has 1 unspecified atom stereocenters. The molecule has 2 atom stereocenters. The van der Waals surface area contributed by atoms with Crippen molar-refractivity contribution in [2.24, 2.45) is 5.92 Å². The molecule has 1 fully saturated rings. The molecule has 110 valence electrons. The average molecular weight is 345 g/mol. The smallest absolute Gasteiger partial charge is 0.184 e. The van der Waals surface area contributed by atoms with Crippen LogP contribution in [0.2, 0.25) is 0 Å². The molecule has 1 aliphatic heterocycles. The Morgan fingerprint density at radius 1 is 1.65 bits per heavy atom. The number of nitrogens with one attached hydrogen (secondary N) is 1. The van der Waals surface area contributed by atoms with E-state index in [4.69, 9.17) is 0 Å². The van der Waals surface area contributed by atoms with Gasteiger partial charge >= 0.3 is 0 Å². The zero-order valence-electron chi connectivity index (χ0n) is 11.3. The third kappa shape index (κ3) is 3.56. The fourth-order valence-corrected chi connectivity index (χ4v) is 2.64. The number of Topliss-reactive ketones (excluding diaryl/α,β-unsaturated/α-hetero) is 1. The van der Waals surface area contributed by atoms with Gasteiger partial charge in [0.05, 0.1) is 10.9 Å². The number of nitrogens with zero attached hydrogens (tertiary/aromatic N) is 1. The number of aliphatic hydroxyl groups excluding tert-OH is 1. The van der Waals surface area contributed by atoms with E-state index in [0.29, 0.717) is 11.6 Å². The number of aliphatic hydroxyl groups is 1. The number of rotatable bonds is 5. The molecule has 1 heterocycles. The number of likely N-dealkylation sites (tertiary alicyclic amines) is 1. The summed E-state index contributed by atoms with van der Waals surface area (Å²) in [6.45, 7) is 3.77. The van der Waals surface area contributed by atoms with E-state index < -0.39 is 12.2 Å². The highest BCUT2D eigenvalue weighted by Gasteiger charge is 2.24. The third-order valence-electron chi connectivity index (χ3n) is 3.49. The number of alkyl halides is 1. The quantitative estimate of drug-likeness (QED) is 0.489. The topological polar surface area (TPSA) is 52.6 Å². The van der Waals surface area contributed by atoms with Crippen LogP contribution in [-0.4, -0.2) is 40.6 Å². The van der Waals surface area contributed by atoms with E-state index in [2.05, 4.69) is 28.2 Å². The molecule has 1 saturated heterocycles. The van der Waals surface area contributed by atoms with Crippen LogP contribution in [0.25, 0.3) is 0 Å². The van der Waals surface area contributed by atoms with Crippen molar-refractivity contribution >= 4 is 27.4 Å². The SMILES string of the molecule is C[C@@H]1CCN(C(O)Nc2ccc(C(=O)CBr)c(F)c2)C1. The van der Waals surface area contributed by atoms with Crippen molar-refractivity contribution in [2.45, 2.75) is 19.7 Å². The van der Waals surface area contributed by atoms with Crippen LogP contribution in [0.4, 0.5) is 10.1 Å². The number of anilines is 1.